The van der Waals surface area contributed by atoms with Gasteiger partial charge in [-0.3, -0.25) is 14.4 Å². The van der Waals surface area contributed by atoms with Crippen LogP contribution < -0.4 is 29.6 Å². The number of Topliss-reactive ketones (excluding diaryl/α,β-unsaturated/α-hetero) is 1. The molecule has 1 fully saturated rings. The molecule has 2 amide bonds. The Bertz CT molecular complexity index is 1080. The number of ketones is 1. The molecule has 0 bridgehead atoms. The van der Waals surface area contributed by atoms with Crippen LogP contribution in [0.1, 0.15) is 37.8 Å². The summed E-state index contributed by atoms with van der Waals surface area (Å²) < 4.78 is 27.5. The first-order valence-electron chi connectivity index (χ1n) is 12.8. The molecule has 1 aromatic rings. The van der Waals surface area contributed by atoms with Crippen molar-refractivity contribution in [3.05, 3.63) is 11.1 Å². The van der Waals surface area contributed by atoms with Gasteiger partial charge in [0.25, 0.3) is 0 Å². The van der Waals surface area contributed by atoms with E-state index in [2.05, 4.69) is 10.6 Å². The summed E-state index contributed by atoms with van der Waals surface area (Å²) >= 11 is 0. The zero-order chi connectivity index (χ0) is 27.6. The lowest BCUT2D eigenvalue weighted by molar-refractivity contribution is -0.135. The molecule has 0 spiro atoms. The van der Waals surface area contributed by atoms with E-state index in [0.717, 1.165) is 11.1 Å². The maximum atomic E-state index is 13.2. The molecule has 0 aromatic heterocycles. The summed E-state index contributed by atoms with van der Waals surface area (Å²) in [6, 6.07) is -2.18. The van der Waals surface area contributed by atoms with Crippen LogP contribution in [0.3, 0.4) is 0 Å². The molecule has 4 rings (SSSR count). The van der Waals surface area contributed by atoms with Crippen molar-refractivity contribution in [2.75, 3.05) is 40.8 Å². The molecule has 4 atom stereocenters. The molecule has 4 N–H and O–H groups in total. The Balaban J connectivity index is 1.46. The van der Waals surface area contributed by atoms with Crippen molar-refractivity contribution >= 4 is 17.6 Å². The van der Waals surface area contributed by atoms with Gasteiger partial charge in [-0.1, -0.05) is 13.8 Å². The van der Waals surface area contributed by atoms with E-state index >= 15 is 0 Å². The van der Waals surface area contributed by atoms with Crippen LogP contribution in [0.4, 0.5) is 0 Å². The first-order chi connectivity index (χ1) is 18.2. The molecular weight excluding hydrogens is 500 g/mol. The number of hydrogen-bond donors (Lipinski definition) is 4. The lowest BCUT2D eigenvalue weighted by Gasteiger charge is -2.29. The fraction of sp³-hybridized carbons (Fsp3) is 0.654. The van der Waals surface area contributed by atoms with E-state index in [1.54, 1.807) is 7.11 Å². The zero-order valence-corrected chi connectivity index (χ0v) is 22.1. The van der Waals surface area contributed by atoms with Crippen LogP contribution in [0, 0.1) is 11.8 Å². The topological polar surface area (TPSA) is 165 Å². The van der Waals surface area contributed by atoms with Crippen LogP contribution >= 0.6 is 0 Å². The Morgan fingerprint density at radius 2 is 1.71 bits per heavy atom. The third kappa shape index (κ3) is 5.25. The average molecular weight is 537 g/mol. The number of epoxide rings is 1. The van der Waals surface area contributed by atoms with Gasteiger partial charge in [-0.2, -0.15) is 0 Å². The summed E-state index contributed by atoms with van der Waals surface area (Å²) in [5.41, 5.74) is 0.368. The predicted octanol–water partition coefficient (Wildman–Crippen LogP) is -0.124. The molecule has 3 aliphatic rings. The molecule has 1 saturated heterocycles. The Labute approximate surface area is 220 Å². The van der Waals surface area contributed by atoms with Crippen molar-refractivity contribution in [1.29, 1.82) is 0 Å². The Hall–Kier alpha value is -3.09. The number of aliphatic hydroxyl groups is 2. The largest absolute Gasteiger partial charge is 0.492 e. The number of hydrogen-bond acceptors (Lipinski definition) is 10. The Kier molecular flexibility index (Phi) is 8.34. The van der Waals surface area contributed by atoms with E-state index in [9.17, 15) is 24.6 Å². The Morgan fingerprint density at radius 1 is 1.03 bits per heavy atom. The van der Waals surface area contributed by atoms with Crippen molar-refractivity contribution in [2.24, 2.45) is 11.8 Å². The monoisotopic (exact) mass is 536 g/mol. The van der Waals surface area contributed by atoms with Crippen molar-refractivity contribution in [3.63, 3.8) is 0 Å². The minimum Gasteiger partial charge on any atom is -0.492 e. The van der Waals surface area contributed by atoms with Crippen LogP contribution in [0.25, 0.3) is 0 Å². The molecule has 0 radical (unpaired) electrons. The number of methoxy groups -OCH3 is 2. The quantitative estimate of drug-likeness (QED) is 0.265. The van der Waals surface area contributed by atoms with E-state index in [0.29, 0.717) is 48.7 Å². The first-order valence-corrected chi connectivity index (χ1v) is 12.8. The molecule has 0 saturated carbocycles. The van der Waals surface area contributed by atoms with Crippen LogP contribution in [0.15, 0.2) is 0 Å². The van der Waals surface area contributed by atoms with Crippen molar-refractivity contribution < 1.29 is 48.3 Å². The molecule has 12 heteroatoms. The maximum absolute atomic E-state index is 13.2. The molecule has 2 heterocycles. The third-order valence-corrected chi connectivity index (χ3v) is 7.26. The van der Waals surface area contributed by atoms with Crippen LogP contribution in [-0.2, 0) is 32.0 Å². The van der Waals surface area contributed by atoms with Crippen LogP contribution in [0.5, 0.6) is 23.0 Å². The SMILES string of the molecule is COc1c2c(c3c(c1OC)OCO3)CC(C(=O)NC(CO)C(=O)NC(CC(C)C)C(=O)[C@@]1(CO)CO1)CC2. The highest BCUT2D eigenvalue weighted by atomic mass is 16.7. The lowest BCUT2D eigenvalue weighted by Crippen LogP contribution is -2.56. The highest BCUT2D eigenvalue weighted by molar-refractivity contribution is 5.98. The normalized spacial score (nSPS) is 22.8. The van der Waals surface area contributed by atoms with E-state index in [1.165, 1.54) is 7.11 Å². The Morgan fingerprint density at radius 3 is 2.29 bits per heavy atom. The van der Waals surface area contributed by atoms with E-state index in [1.807, 2.05) is 13.8 Å². The van der Waals surface area contributed by atoms with Crippen molar-refractivity contribution in [3.8, 4) is 23.0 Å². The second-order valence-corrected chi connectivity index (χ2v) is 10.3. The number of fused-ring (bicyclic) bond motifs is 3. The van der Waals surface area contributed by atoms with Crippen molar-refractivity contribution in [2.45, 2.75) is 57.2 Å². The van der Waals surface area contributed by atoms with Gasteiger partial charge in [0.2, 0.25) is 30.1 Å². The third-order valence-electron chi connectivity index (χ3n) is 7.26. The van der Waals surface area contributed by atoms with Gasteiger partial charge >= 0.3 is 0 Å². The minimum absolute atomic E-state index is 0.0216. The number of nitrogens with one attached hydrogen (secondary N) is 2. The molecule has 210 valence electrons. The summed E-state index contributed by atoms with van der Waals surface area (Å²) in [4.78, 5) is 39.2. The van der Waals surface area contributed by atoms with Gasteiger partial charge in [0.15, 0.2) is 22.9 Å². The summed E-state index contributed by atoms with van der Waals surface area (Å²) in [5.74, 6) is -0.0180. The van der Waals surface area contributed by atoms with E-state index in [4.69, 9.17) is 23.7 Å². The molecule has 12 nitrogen and oxygen atoms in total. The number of benzene rings is 1. The summed E-state index contributed by atoms with van der Waals surface area (Å²) in [7, 11) is 3.06. The van der Waals surface area contributed by atoms with Crippen LogP contribution in [-0.4, -0.2) is 86.3 Å². The zero-order valence-electron chi connectivity index (χ0n) is 22.1. The molecule has 2 aliphatic heterocycles. The molecule has 3 unspecified atom stereocenters. The lowest BCUT2D eigenvalue weighted by atomic mass is 9.81. The van der Waals surface area contributed by atoms with Gasteiger partial charge in [-0.05, 0) is 31.6 Å². The standard InChI is InChI=1S/C26H36N2O10/c1-13(2)7-17(23(31)26(10-30)11-38-26)27-25(33)18(9-29)28-24(32)14-5-6-15-16(8-14)20-22(37-12-36-20)21(35-4)19(15)34-3/h13-14,17-18,29-30H,5-12H2,1-4H3,(H,27,33)(H,28,32)/t14?,17?,18?,26-/m1/s1. The number of carbonyl (C=O) groups excluding carboxylic acids is 3. The number of rotatable bonds is 12. The van der Waals surface area contributed by atoms with Gasteiger partial charge in [-0.25, -0.2) is 0 Å². The van der Waals surface area contributed by atoms with Gasteiger partial charge in [0.05, 0.1) is 40.1 Å². The second kappa shape index (κ2) is 11.3. The molecule has 1 aliphatic carbocycles. The fourth-order valence-corrected chi connectivity index (χ4v) is 5.13. The predicted molar refractivity (Wildman–Crippen MR) is 132 cm³/mol. The number of amides is 2. The highest BCUT2D eigenvalue weighted by Crippen LogP contribution is 2.54. The van der Waals surface area contributed by atoms with Gasteiger partial charge in [-0.15, -0.1) is 0 Å². The smallest absolute Gasteiger partial charge is 0.245 e. The van der Waals surface area contributed by atoms with E-state index < -0.39 is 54.4 Å². The number of carbonyl (C=O) groups is 3. The van der Waals surface area contributed by atoms with E-state index in [-0.39, 0.29) is 19.3 Å². The number of aliphatic hydroxyl groups excluding tert-OH is 2. The summed E-state index contributed by atoms with van der Waals surface area (Å²) in [6.45, 7) is 2.78. The average Bonchev–Trinajstić information content (AvgIpc) is 3.56. The fourth-order valence-electron chi connectivity index (χ4n) is 5.13. The second-order valence-electron chi connectivity index (χ2n) is 10.3. The first kappa shape index (κ1) is 27.9. The van der Waals surface area contributed by atoms with Crippen molar-refractivity contribution in [1.82, 2.24) is 10.6 Å². The summed E-state index contributed by atoms with van der Waals surface area (Å²) in [5, 5.41) is 24.8. The van der Waals surface area contributed by atoms with Gasteiger partial charge in [0.1, 0.15) is 6.04 Å². The molecule has 1 aromatic carbocycles. The minimum atomic E-state index is -1.30. The van der Waals surface area contributed by atoms with Gasteiger partial charge in [0, 0.05) is 17.0 Å². The van der Waals surface area contributed by atoms with Gasteiger partial charge < -0.3 is 44.5 Å². The highest BCUT2D eigenvalue weighted by Gasteiger charge is 2.54. The number of ether oxygens (including phenoxy) is 5. The van der Waals surface area contributed by atoms with Crippen LogP contribution in [0.2, 0.25) is 0 Å². The maximum Gasteiger partial charge on any atom is 0.245 e. The summed E-state index contributed by atoms with van der Waals surface area (Å²) in [6.07, 6.45) is 1.62. The molecular formula is C26H36N2O10. The molecule has 38 heavy (non-hydrogen) atoms.